The van der Waals surface area contributed by atoms with Crippen molar-refractivity contribution in [2.75, 3.05) is 6.54 Å². The Morgan fingerprint density at radius 3 is 2.27 bits per heavy atom. The molecule has 3 N–H and O–H groups in total. The Morgan fingerprint density at radius 2 is 1.67 bits per heavy atom. The number of ether oxygens (including phenoxy) is 3. The van der Waals surface area contributed by atoms with Gasteiger partial charge in [-0.2, -0.15) is 0 Å². The second kappa shape index (κ2) is 18.1. The van der Waals surface area contributed by atoms with E-state index in [9.17, 15) is 28.4 Å². The third-order valence-electron chi connectivity index (χ3n) is 8.31. The van der Waals surface area contributed by atoms with Gasteiger partial charge in [0.2, 0.25) is 11.8 Å². The fraction of sp³-hybridized carbons (Fsp3) is 0.486. The molecule has 0 aliphatic carbocycles. The number of rotatable bonds is 18. The van der Waals surface area contributed by atoms with Gasteiger partial charge < -0.3 is 25.3 Å². The molecule has 0 saturated carbocycles. The quantitative estimate of drug-likeness (QED) is 0.0870. The Kier molecular flexibility index (Phi) is 14.5. The highest BCUT2D eigenvalue weighted by Crippen LogP contribution is 2.45. The maximum atomic E-state index is 14.4. The van der Waals surface area contributed by atoms with Gasteiger partial charge in [0.05, 0.1) is 22.6 Å². The van der Waals surface area contributed by atoms with Crippen LogP contribution < -0.4 is 11.1 Å². The lowest BCUT2D eigenvalue weighted by Crippen LogP contribution is -2.40. The predicted molar refractivity (Wildman–Crippen MR) is 182 cm³/mol. The second-order valence-corrected chi connectivity index (χ2v) is 13.5. The van der Waals surface area contributed by atoms with Crippen LogP contribution in [0.25, 0.3) is 0 Å². The van der Waals surface area contributed by atoms with Crippen LogP contribution in [0.15, 0.2) is 54.6 Å². The van der Waals surface area contributed by atoms with E-state index in [1.54, 1.807) is 13.8 Å². The first-order valence-electron chi connectivity index (χ1n) is 16.4. The molecule has 0 radical (unpaired) electrons. The zero-order valence-corrected chi connectivity index (χ0v) is 29.5. The van der Waals surface area contributed by atoms with Gasteiger partial charge in [-0.15, -0.1) is 0 Å². The van der Waals surface area contributed by atoms with Crippen molar-refractivity contribution in [2.24, 2.45) is 29.4 Å². The molecule has 10 nitrogen and oxygen atoms in total. The van der Waals surface area contributed by atoms with Crippen LogP contribution >= 0.6 is 11.6 Å². The number of carbonyl (C=O) groups is 5. The van der Waals surface area contributed by atoms with Gasteiger partial charge in [0.25, 0.3) is 0 Å². The van der Waals surface area contributed by atoms with Gasteiger partial charge in [-0.05, 0) is 55.0 Å². The summed E-state index contributed by atoms with van der Waals surface area (Å²) < 4.78 is 31.9. The number of halogens is 2. The molecule has 0 bridgehead atoms. The van der Waals surface area contributed by atoms with Gasteiger partial charge in [-0.3, -0.25) is 19.2 Å². The molecule has 1 aliphatic rings. The van der Waals surface area contributed by atoms with Crippen LogP contribution in [0, 0.1) is 29.5 Å². The van der Waals surface area contributed by atoms with Crippen molar-refractivity contribution < 1.29 is 42.6 Å². The molecule has 0 spiro atoms. The van der Waals surface area contributed by atoms with Crippen molar-refractivity contribution in [3.8, 4) is 0 Å². The van der Waals surface area contributed by atoms with Crippen LogP contribution in [-0.4, -0.2) is 54.4 Å². The zero-order valence-electron chi connectivity index (χ0n) is 28.7. The average Bonchev–Trinajstić information content (AvgIpc) is 3.83. The summed E-state index contributed by atoms with van der Waals surface area (Å²) >= 11 is 6.08. The fourth-order valence-corrected chi connectivity index (χ4v) is 5.84. The summed E-state index contributed by atoms with van der Waals surface area (Å²) in [6.07, 6.45) is 0.995. The molecule has 1 aliphatic heterocycles. The Balaban J connectivity index is 1.61. The van der Waals surface area contributed by atoms with E-state index >= 15 is 0 Å². The maximum absolute atomic E-state index is 14.4. The number of benzene rings is 2. The first kappa shape index (κ1) is 39.3. The maximum Gasteiger partial charge on any atom is 0.347 e. The summed E-state index contributed by atoms with van der Waals surface area (Å²) in [6, 6.07) is 12.3. The molecule has 49 heavy (non-hydrogen) atoms. The number of Topliss-reactive ketones (excluding diaryl/α,β-unsaturated/α-hetero) is 1. The number of hydrogen-bond acceptors (Lipinski definition) is 8. The molecule has 0 unspecified atom stereocenters. The number of hydrogen-bond donors (Lipinski definition) is 2. The molecule has 2 amide bonds. The molecule has 1 fully saturated rings. The monoisotopic (exact) mass is 700 g/mol. The lowest BCUT2D eigenvalue weighted by molar-refractivity contribution is -0.176. The van der Waals surface area contributed by atoms with Crippen LogP contribution in [0.2, 0.25) is 5.02 Å². The minimum atomic E-state index is -1.21. The van der Waals surface area contributed by atoms with Gasteiger partial charge in [0.15, 0.2) is 11.9 Å². The van der Waals surface area contributed by atoms with Gasteiger partial charge in [0, 0.05) is 24.8 Å². The highest BCUT2D eigenvalue weighted by atomic mass is 35.5. The molecule has 0 aromatic heterocycles. The SMILES string of the molecule is CC(=O)c1c(F)cc(C[C@@H](C)C(=O)NC[C@@H](C)C(=O)O[C@@H](CC(C)C)C(=O)O[C@@H](C/C=C/C(N)=O)[C@H](C)[C@H]2O[C@@H]2c2ccccc2)cc1Cl. The van der Waals surface area contributed by atoms with E-state index in [-0.39, 0.29) is 66.3 Å². The first-order valence-corrected chi connectivity index (χ1v) is 16.8. The van der Waals surface area contributed by atoms with Crippen LogP contribution in [0.3, 0.4) is 0 Å². The van der Waals surface area contributed by atoms with Crippen LogP contribution in [-0.2, 0) is 39.8 Å². The summed E-state index contributed by atoms with van der Waals surface area (Å²) in [5.41, 5.74) is 6.50. The van der Waals surface area contributed by atoms with Crippen molar-refractivity contribution in [2.45, 2.75) is 85.2 Å². The summed E-state index contributed by atoms with van der Waals surface area (Å²) in [5, 5.41) is 2.68. The van der Waals surface area contributed by atoms with Crippen molar-refractivity contribution in [3.05, 3.63) is 82.1 Å². The minimum Gasteiger partial charge on any atom is -0.459 e. The number of primary amides is 1. The molecule has 2 aromatic carbocycles. The molecule has 1 saturated heterocycles. The van der Waals surface area contributed by atoms with Gasteiger partial charge in [0.1, 0.15) is 18.0 Å². The van der Waals surface area contributed by atoms with Gasteiger partial charge in [-0.25, -0.2) is 9.18 Å². The second-order valence-electron chi connectivity index (χ2n) is 13.1. The number of epoxide rings is 1. The summed E-state index contributed by atoms with van der Waals surface area (Å²) in [5.74, 6) is -5.40. The normalized spacial score (nSPS) is 18.6. The standard InChI is InChI=1S/C37H46ClFN2O8/c1-20(2)15-30(37(46)47-29(13-10-14-31(40)43)23(5)33-34(49-33)26-11-8-7-9-12-26)48-36(45)22(4)19-41-35(44)21(3)16-25-17-27(38)32(24(6)42)28(39)18-25/h7-12,14,17-18,20-23,29-30,33-34H,13,15-16,19H2,1-6H3,(H2,40,43)(H,41,44)/b14-10+/t21-,22-,23+,29+,30+,33-,34-/m1/s1. The van der Waals surface area contributed by atoms with Crippen LogP contribution in [0.4, 0.5) is 4.39 Å². The number of nitrogens with one attached hydrogen (secondary N) is 1. The molecular formula is C37H46ClFN2O8. The van der Waals surface area contributed by atoms with E-state index in [2.05, 4.69) is 5.32 Å². The molecule has 266 valence electrons. The van der Waals surface area contributed by atoms with Crippen molar-refractivity contribution in [1.82, 2.24) is 5.32 Å². The Bertz CT molecular complexity index is 1510. The van der Waals surface area contributed by atoms with E-state index in [1.165, 1.54) is 31.2 Å². The van der Waals surface area contributed by atoms with Crippen molar-refractivity contribution in [1.29, 1.82) is 0 Å². The number of ketones is 1. The summed E-state index contributed by atoms with van der Waals surface area (Å²) in [7, 11) is 0. The predicted octanol–water partition coefficient (Wildman–Crippen LogP) is 5.69. The highest BCUT2D eigenvalue weighted by Gasteiger charge is 2.47. The Hall–Kier alpha value is -4.09. The molecule has 2 aromatic rings. The molecular weight excluding hydrogens is 655 g/mol. The molecule has 12 heteroatoms. The van der Waals surface area contributed by atoms with Crippen LogP contribution in [0.5, 0.6) is 0 Å². The fourth-order valence-electron chi connectivity index (χ4n) is 5.47. The third-order valence-corrected chi connectivity index (χ3v) is 8.61. The van der Waals surface area contributed by atoms with Crippen LogP contribution in [0.1, 0.15) is 82.0 Å². The number of esters is 2. The van der Waals surface area contributed by atoms with Gasteiger partial charge >= 0.3 is 11.9 Å². The average molecular weight is 701 g/mol. The summed E-state index contributed by atoms with van der Waals surface area (Å²) in [6.45, 7) is 10.0. The number of nitrogens with two attached hydrogens (primary N) is 1. The lowest BCUT2D eigenvalue weighted by Gasteiger charge is -2.26. The van der Waals surface area contributed by atoms with Crippen molar-refractivity contribution >= 4 is 41.1 Å². The summed E-state index contributed by atoms with van der Waals surface area (Å²) in [4.78, 5) is 62.4. The largest absolute Gasteiger partial charge is 0.459 e. The van der Waals surface area contributed by atoms with Gasteiger partial charge in [-0.1, -0.05) is 82.6 Å². The first-order chi connectivity index (χ1) is 23.1. The van der Waals surface area contributed by atoms with E-state index in [1.807, 2.05) is 51.1 Å². The Labute approximate surface area is 291 Å². The number of carbonyl (C=O) groups excluding carboxylic acids is 5. The highest BCUT2D eigenvalue weighted by molar-refractivity contribution is 6.34. The molecule has 7 atom stereocenters. The smallest absolute Gasteiger partial charge is 0.347 e. The minimum absolute atomic E-state index is 0.0241. The lowest BCUT2D eigenvalue weighted by atomic mass is 9.93. The Morgan fingerprint density at radius 1 is 1.00 bits per heavy atom. The topological polar surface area (TPSA) is 154 Å². The number of amides is 2. The third kappa shape index (κ3) is 11.8. The van der Waals surface area contributed by atoms with E-state index in [0.717, 1.165) is 5.56 Å². The molecule has 3 rings (SSSR count). The zero-order chi connectivity index (χ0) is 36.4. The van der Waals surface area contributed by atoms with E-state index in [4.69, 9.17) is 31.5 Å². The molecule has 1 heterocycles. The van der Waals surface area contributed by atoms with E-state index in [0.29, 0.717) is 5.56 Å². The van der Waals surface area contributed by atoms with Crippen molar-refractivity contribution in [3.63, 3.8) is 0 Å². The van der Waals surface area contributed by atoms with E-state index < -0.39 is 53.5 Å².